The van der Waals surface area contributed by atoms with Crippen molar-refractivity contribution in [3.8, 4) is 28.3 Å². The van der Waals surface area contributed by atoms with E-state index in [0.717, 1.165) is 16.7 Å². The van der Waals surface area contributed by atoms with Crippen molar-refractivity contribution in [3.05, 3.63) is 72.1 Å². The Morgan fingerprint density at radius 1 is 1.00 bits per heavy atom. The van der Waals surface area contributed by atoms with Crippen LogP contribution in [0.3, 0.4) is 0 Å². The van der Waals surface area contributed by atoms with Crippen LogP contribution in [-0.2, 0) is 7.05 Å². The lowest BCUT2D eigenvalue weighted by Crippen LogP contribution is -2.05. The number of hydrogen-bond acceptors (Lipinski definition) is 2. The van der Waals surface area contributed by atoms with Gasteiger partial charge in [0.1, 0.15) is 11.8 Å². The van der Waals surface area contributed by atoms with Gasteiger partial charge >= 0.3 is 5.97 Å². The van der Waals surface area contributed by atoms with Gasteiger partial charge in [-0.3, -0.25) is 0 Å². The zero-order chi connectivity index (χ0) is 16.4. The molecule has 1 heterocycles. The third-order valence-corrected chi connectivity index (χ3v) is 3.79. The number of aromatic nitrogens is 1. The number of nitrogens with zero attached hydrogens (tertiary/aromatic N) is 2. The second-order valence-electron chi connectivity index (χ2n) is 5.24. The summed E-state index contributed by atoms with van der Waals surface area (Å²) >= 11 is 0. The smallest absolute Gasteiger partial charge is 0.353 e. The Balaban J connectivity index is 2.10. The topological polar surface area (TPSA) is 66.0 Å². The van der Waals surface area contributed by atoms with Gasteiger partial charge in [0.25, 0.3) is 0 Å². The molecule has 4 heteroatoms. The third kappa shape index (κ3) is 2.60. The van der Waals surface area contributed by atoms with Crippen LogP contribution in [0.4, 0.5) is 0 Å². The zero-order valence-electron chi connectivity index (χ0n) is 12.5. The minimum absolute atomic E-state index is 0.119. The van der Waals surface area contributed by atoms with Crippen LogP contribution in [0, 0.1) is 11.3 Å². The predicted octanol–water partition coefficient (Wildman–Crippen LogP) is 3.93. The quantitative estimate of drug-likeness (QED) is 0.797. The standard InChI is InChI=1S/C19H14N2O2/c1-21-12-16(11-20)17(18(21)19(22)23)15-9-7-14(8-10-15)13-5-3-2-4-6-13/h2-10,12H,1H3,(H,22,23). The van der Waals surface area contributed by atoms with Crippen molar-refractivity contribution in [1.29, 1.82) is 5.26 Å². The summed E-state index contributed by atoms with van der Waals surface area (Å²) in [5.74, 6) is -1.05. The van der Waals surface area contributed by atoms with E-state index >= 15 is 0 Å². The molecule has 4 nitrogen and oxygen atoms in total. The van der Waals surface area contributed by atoms with Gasteiger partial charge in [-0.1, -0.05) is 54.6 Å². The molecular weight excluding hydrogens is 288 g/mol. The zero-order valence-corrected chi connectivity index (χ0v) is 12.5. The van der Waals surface area contributed by atoms with Crippen molar-refractivity contribution in [2.24, 2.45) is 7.05 Å². The fraction of sp³-hybridized carbons (Fsp3) is 0.0526. The first-order chi connectivity index (χ1) is 11.1. The largest absolute Gasteiger partial charge is 0.477 e. The number of rotatable bonds is 3. The molecule has 0 radical (unpaired) electrons. The van der Waals surface area contributed by atoms with Crippen molar-refractivity contribution in [3.63, 3.8) is 0 Å². The van der Waals surface area contributed by atoms with Gasteiger partial charge in [0, 0.05) is 18.8 Å². The van der Waals surface area contributed by atoms with Crippen LogP contribution in [0.15, 0.2) is 60.8 Å². The molecule has 0 fully saturated rings. The Labute approximate surface area is 133 Å². The average Bonchev–Trinajstić information content (AvgIpc) is 2.92. The maximum absolute atomic E-state index is 11.5. The molecule has 0 aliphatic heterocycles. The molecule has 0 bridgehead atoms. The molecule has 1 N–H and O–H groups in total. The number of hydrogen-bond donors (Lipinski definition) is 1. The minimum Gasteiger partial charge on any atom is -0.477 e. The Kier molecular flexibility index (Phi) is 3.70. The van der Waals surface area contributed by atoms with Crippen LogP contribution in [0.2, 0.25) is 0 Å². The van der Waals surface area contributed by atoms with Gasteiger partial charge in [0.15, 0.2) is 0 Å². The summed E-state index contributed by atoms with van der Waals surface area (Å²) in [5.41, 5.74) is 3.79. The van der Waals surface area contributed by atoms with E-state index in [4.69, 9.17) is 0 Å². The molecule has 0 atom stereocenters. The molecule has 1 aromatic heterocycles. The lowest BCUT2D eigenvalue weighted by molar-refractivity contribution is 0.0687. The van der Waals surface area contributed by atoms with E-state index in [1.54, 1.807) is 13.2 Å². The highest BCUT2D eigenvalue weighted by molar-refractivity contribution is 5.96. The molecule has 0 spiro atoms. The first-order valence-corrected chi connectivity index (χ1v) is 7.10. The van der Waals surface area contributed by atoms with Crippen molar-refractivity contribution < 1.29 is 9.90 Å². The summed E-state index contributed by atoms with van der Waals surface area (Å²) in [6.45, 7) is 0. The summed E-state index contributed by atoms with van der Waals surface area (Å²) in [6, 6.07) is 19.6. The highest BCUT2D eigenvalue weighted by Gasteiger charge is 2.21. The number of nitriles is 1. The molecule has 3 aromatic rings. The second kappa shape index (κ2) is 5.82. The van der Waals surface area contributed by atoms with E-state index in [1.807, 2.05) is 54.6 Å². The van der Waals surface area contributed by atoms with Gasteiger partial charge in [-0.2, -0.15) is 5.26 Å². The van der Waals surface area contributed by atoms with Crippen LogP contribution in [-0.4, -0.2) is 15.6 Å². The number of carboxylic acids is 1. The van der Waals surface area contributed by atoms with Crippen LogP contribution in [0.25, 0.3) is 22.3 Å². The number of aromatic carboxylic acids is 1. The summed E-state index contributed by atoms with van der Waals surface area (Å²) in [6.07, 6.45) is 1.55. The Hall–Kier alpha value is -3.32. The molecule has 0 saturated carbocycles. The third-order valence-electron chi connectivity index (χ3n) is 3.79. The van der Waals surface area contributed by atoms with Gasteiger partial charge in [-0.15, -0.1) is 0 Å². The van der Waals surface area contributed by atoms with Crippen LogP contribution in [0.5, 0.6) is 0 Å². The monoisotopic (exact) mass is 302 g/mol. The lowest BCUT2D eigenvalue weighted by Gasteiger charge is -2.06. The Morgan fingerprint density at radius 3 is 2.13 bits per heavy atom. The summed E-state index contributed by atoms with van der Waals surface area (Å²) in [4.78, 5) is 11.5. The molecule has 2 aromatic carbocycles. The molecule has 0 aliphatic rings. The van der Waals surface area contributed by atoms with Crippen LogP contribution >= 0.6 is 0 Å². The highest BCUT2D eigenvalue weighted by Crippen LogP contribution is 2.31. The van der Waals surface area contributed by atoms with Gasteiger partial charge in [0.05, 0.1) is 5.56 Å². The molecule has 0 amide bonds. The minimum atomic E-state index is -1.05. The highest BCUT2D eigenvalue weighted by atomic mass is 16.4. The number of benzene rings is 2. The van der Waals surface area contributed by atoms with E-state index < -0.39 is 5.97 Å². The molecule has 0 unspecified atom stereocenters. The van der Waals surface area contributed by atoms with E-state index in [1.165, 1.54) is 4.57 Å². The molecular formula is C19H14N2O2. The Bertz CT molecular complexity index is 901. The van der Waals surface area contributed by atoms with Crippen molar-refractivity contribution in [2.75, 3.05) is 0 Å². The van der Waals surface area contributed by atoms with Crippen molar-refractivity contribution >= 4 is 5.97 Å². The SMILES string of the molecule is Cn1cc(C#N)c(-c2ccc(-c3ccccc3)cc2)c1C(=O)O. The molecule has 3 rings (SSSR count). The molecule has 0 aliphatic carbocycles. The second-order valence-corrected chi connectivity index (χ2v) is 5.24. The van der Waals surface area contributed by atoms with Gasteiger partial charge in [0.2, 0.25) is 0 Å². The molecule has 0 saturated heterocycles. The first-order valence-electron chi connectivity index (χ1n) is 7.10. The van der Waals surface area contributed by atoms with E-state index in [2.05, 4.69) is 6.07 Å². The molecule has 23 heavy (non-hydrogen) atoms. The van der Waals surface area contributed by atoms with E-state index in [0.29, 0.717) is 11.1 Å². The van der Waals surface area contributed by atoms with E-state index in [-0.39, 0.29) is 5.69 Å². The average molecular weight is 302 g/mol. The van der Waals surface area contributed by atoms with Crippen molar-refractivity contribution in [2.45, 2.75) is 0 Å². The fourth-order valence-electron chi connectivity index (χ4n) is 2.72. The number of carbonyl (C=O) groups is 1. The summed E-state index contributed by atoms with van der Waals surface area (Å²) in [7, 11) is 1.63. The summed E-state index contributed by atoms with van der Waals surface area (Å²) in [5, 5.41) is 18.7. The Morgan fingerprint density at radius 2 is 1.57 bits per heavy atom. The number of aryl methyl sites for hydroxylation is 1. The van der Waals surface area contributed by atoms with Gasteiger partial charge in [-0.25, -0.2) is 4.79 Å². The van der Waals surface area contributed by atoms with Crippen LogP contribution < -0.4 is 0 Å². The van der Waals surface area contributed by atoms with Crippen LogP contribution in [0.1, 0.15) is 16.1 Å². The maximum atomic E-state index is 11.5. The van der Waals surface area contributed by atoms with Gasteiger partial charge < -0.3 is 9.67 Å². The van der Waals surface area contributed by atoms with Crippen molar-refractivity contribution in [1.82, 2.24) is 4.57 Å². The number of carboxylic acid groups (broad SMARTS) is 1. The normalized spacial score (nSPS) is 10.3. The lowest BCUT2D eigenvalue weighted by atomic mass is 9.98. The van der Waals surface area contributed by atoms with Gasteiger partial charge in [-0.05, 0) is 16.7 Å². The first kappa shape index (κ1) is 14.6. The predicted molar refractivity (Wildman–Crippen MR) is 88.0 cm³/mol. The molecule has 112 valence electrons. The maximum Gasteiger partial charge on any atom is 0.353 e. The fourth-order valence-corrected chi connectivity index (χ4v) is 2.72. The summed E-state index contributed by atoms with van der Waals surface area (Å²) < 4.78 is 1.47. The van der Waals surface area contributed by atoms with E-state index in [9.17, 15) is 15.2 Å².